The van der Waals surface area contributed by atoms with Gasteiger partial charge in [-0.15, -0.1) is 0 Å². The number of ether oxygens (including phenoxy) is 2. The fraction of sp³-hybridized carbons (Fsp3) is 0.286. The number of hydrogen-bond donors (Lipinski definition) is 1. The molecule has 35 heavy (non-hydrogen) atoms. The summed E-state index contributed by atoms with van der Waals surface area (Å²) in [6.45, 7) is 2.60. The molecule has 7 heteroatoms. The second kappa shape index (κ2) is 13.5. The van der Waals surface area contributed by atoms with Crippen LogP contribution in [-0.4, -0.2) is 43.0 Å². The van der Waals surface area contributed by atoms with Crippen molar-refractivity contribution >= 4 is 27.7 Å². The van der Waals surface area contributed by atoms with E-state index >= 15 is 0 Å². The molecule has 3 aromatic carbocycles. The Morgan fingerprint density at radius 2 is 1.57 bits per heavy atom. The third kappa shape index (κ3) is 7.86. The second-order valence-corrected chi connectivity index (χ2v) is 9.00. The number of nitrogens with one attached hydrogen (secondary N) is 1. The molecule has 3 aromatic rings. The number of carbonyl (C=O) groups excluding carboxylic acids is 2. The van der Waals surface area contributed by atoms with Crippen molar-refractivity contribution in [3.8, 4) is 11.5 Å². The summed E-state index contributed by atoms with van der Waals surface area (Å²) in [7, 11) is 1.55. The van der Waals surface area contributed by atoms with Crippen molar-refractivity contribution in [2.24, 2.45) is 0 Å². The van der Waals surface area contributed by atoms with Crippen LogP contribution in [0.1, 0.15) is 24.5 Å². The van der Waals surface area contributed by atoms with Gasteiger partial charge < -0.3 is 19.7 Å². The third-order valence-corrected chi connectivity index (χ3v) is 6.04. The number of para-hydroxylation sites is 2. The third-order valence-electron chi connectivity index (χ3n) is 5.51. The largest absolute Gasteiger partial charge is 0.493 e. The van der Waals surface area contributed by atoms with Crippen molar-refractivity contribution in [1.82, 2.24) is 10.2 Å². The summed E-state index contributed by atoms with van der Waals surface area (Å²) in [5.74, 6) is 0.549. The van der Waals surface area contributed by atoms with Crippen molar-refractivity contribution in [1.29, 1.82) is 0 Å². The zero-order valence-electron chi connectivity index (χ0n) is 20.1. The van der Waals surface area contributed by atoms with E-state index in [4.69, 9.17) is 9.47 Å². The molecule has 1 N–H and O–H groups in total. The number of halogens is 1. The monoisotopic (exact) mass is 538 g/mol. The molecule has 6 nitrogen and oxygen atoms in total. The fourth-order valence-electron chi connectivity index (χ4n) is 3.67. The lowest BCUT2D eigenvalue weighted by Gasteiger charge is -2.31. The first-order valence-corrected chi connectivity index (χ1v) is 12.4. The summed E-state index contributed by atoms with van der Waals surface area (Å²) in [5.41, 5.74) is 1.89. The molecule has 0 unspecified atom stereocenters. The molecule has 0 aliphatic heterocycles. The highest BCUT2D eigenvalue weighted by Crippen LogP contribution is 2.26. The molecule has 0 fully saturated rings. The van der Waals surface area contributed by atoms with Crippen LogP contribution >= 0.6 is 15.9 Å². The minimum absolute atomic E-state index is 0.182. The molecule has 0 spiro atoms. The maximum Gasteiger partial charge on any atom is 0.261 e. The number of amides is 2. The Kier molecular flexibility index (Phi) is 10.2. The Hall–Kier alpha value is -3.32. The van der Waals surface area contributed by atoms with E-state index in [0.29, 0.717) is 24.5 Å². The van der Waals surface area contributed by atoms with Crippen molar-refractivity contribution < 1.29 is 19.1 Å². The van der Waals surface area contributed by atoms with E-state index in [2.05, 4.69) is 21.2 Å². The van der Waals surface area contributed by atoms with Gasteiger partial charge in [0.25, 0.3) is 5.91 Å². The lowest BCUT2D eigenvalue weighted by molar-refractivity contribution is -0.142. The molecule has 0 aliphatic rings. The molecule has 0 aromatic heterocycles. The first-order chi connectivity index (χ1) is 17.0. The van der Waals surface area contributed by atoms with E-state index in [1.54, 1.807) is 24.1 Å². The van der Waals surface area contributed by atoms with Crippen molar-refractivity contribution in [2.45, 2.75) is 32.4 Å². The molecule has 3 rings (SSSR count). The van der Waals surface area contributed by atoms with Crippen LogP contribution in [0, 0.1) is 0 Å². The minimum Gasteiger partial charge on any atom is -0.493 e. The maximum absolute atomic E-state index is 13.6. The molecule has 184 valence electrons. The summed E-state index contributed by atoms with van der Waals surface area (Å²) < 4.78 is 12.1. The van der Waals surface area contributed by atoms with Gasteiger partial charge >= 0.3 is 0 Å². The van der Waals surface area contributed by atoms with E-state index in [-0.39, 0.29) is 25.0 Å². The van der Waals surface area contributed by atoms with Crippen LogP contribution in [0.5, 0.6) is 11.5 Å². The average Bonchev–Trinajstić information content (AvgIpc) is 2.89. The zero-order valence-corrected chi connectivity index (χ0v) is 21.7. The number of rotatable bonds is 12. The molecule has 0 aliphatic carbocycles. The molecule has 0 saturated heterocycles. The van der Waals surface area contributed by atoms with E-state index in [9.17, 15) is 9.59 Å². The maximum atomic E-state index is 13.6. The first-order valence-electron chi connectivity index (χ1n) is 11.6. The SMILES string of the molecule is CCCNC(=O)[C@@H](Cc1ccccc1)N(Cc1ccc(Br)cc1)C(=O)COc1ccccc1OC. The Labute approximate surface area is 215 Å². The predicted octanol–water partition coefficient (Wildman–Crippen LogP) is 5.00. The van der Waals surface area contributed by atoms with E-state index < -0.39 is 6.04 Å². The fourth-order valence-corrected chi connectivity index (χ4v) is 3.93. The van der Waals surface area contributed by atoms with Crippen molar-refractivity contribution in [2.75, 3.05) is 20.3 Å². The smallest absolute Gasteiger partial charge is 0.261 e. The Morgan fingerprint density at radius 1 is 0.914 bits per heavy atom. The van der Waals surface area contributed by atoms with Crippen LogP contribution in [0.2, 0.25) is 0 Å². The molecule has 2 amide bonds. The quantitative estimate of drug-likeness (QED) is 0.352. The summed E-state index contributed by atoms with van der Waals surface area (Å²) >= 11 is 3.45. The highest BCUT2D eigenvalue weighted by Gasteiger charge is 2.30. The average molecular weight is 539 g/mol. The van der Waals surface area contributed by atoms with Gasteiger partial charge in [-0.25, -0.2) is 0 Å². The number of hydrogen-bond acceptors (Lipinski definition) is 4. The Morgan fingerprint density at radius 3 is 2.23 bits per heavy atom. The van der Waals surface area contributed by atoms with Gasteiger partial charge in [0.1, 0.15) is 6.04 Å². The first kappa shape index (κ1) is 26.3. The van der Waals surface area contributed by atoms with Gasteiger partial charge in [0.05, 0.1) is 7.11 Å². The normalized spacial score (nSPS) is 11.4. The number of benzene rings is 3. The summed E-state index contributed by atoms with van der Waals surface area (Å²) in [5, 5.41) is 2.97. The van der Waals surface area contributed by atoms with E-state index in [1.165, 1.54) is 0 Å². The van der Waals surface area contributed by atoms with E-state index in [1.807, 2.05) is 73.7 Å². The molecule has 1 atom stereocenters. The Bertz CT molecular complexity index is 1090. The predicted molar refractivity (Wildman–Crippen MR) is 140 cm³/mol. The zero-order chi connectivity index (χ0) is 25.0. The molecule has 0 bridgehead atoms. The second-order valence-electron chi connectivity index (χ2n) is 8.08. The highest BCUT2D eigenvalue weighted by atomic mass is 79.9. The van der Waals surface area contributed by atoms with Crippen LogP contribution in [0.25, 0.3) is 0 Å². The molecule has 0 heterocycles. The van der Waals surface area contributed by atoms with Gasteiger partial charge in [0.2, 0.25) is 5.91 Å². The van der Waals surface area contributed by atoms with Gasteiger partial charge in [-0.3, -0.25) is 9.59 Å². The van der Waals surface area contributed by atoms with Crippen LogP contribution in [0.15, 0.2) is 83.3 Å². The molecule has 0 radical (unpaired) electrons. The summed E-state index contributed by atoms with van der Waals surface area (Å²) in [4.78, 5) is 28.5. The number of methoxy groups -OCH3 is 1. The minimum atomic E-state index is -0.693. The number of nitrogens with zero attached hydrogens (tertiary/aromatic N) is 1. The van der Waals surface area contributed by atoms with Crippen molar-refractivity contribution in [3.63, 3.8) is 0 Å². The van der Waals surface area contributed by atoms with Crippen LogP contribution in [0.4, 0.5) is 0 Å². The summed E-state index contributed by atoms with van der Waals surface area (Å²) in [6, 6.07) is 23.9. The number of carbonyl (C=O) groups is 2. The standard InChI is InChI=1S/C28H31BrN2O4/c1-3-17-30-28(33)24(18-21-9-5-4-6-10-21)31(19-22-13-15-23(29)16-14-22)27(32)20-35-26-12-8-7-11-25(26)34-2/h4-16,24H,3,17-20H2,1-2H3,(H,30,33)/t24-/m1/s1. The molecule has 0 saturated carbocycles. The highest BCUT2D eigenvalue weighted by molar-refractivity contribution is 9.10. The summed E-state index contributed by atoms with van der Waals surface area (Å²) in [6.07, 6.45) is 1.20. The lowest BCUT2D eigenvalue weighted by Crippen LogP contribution is -2.51. The van der Waals surface area contributed by atoms with Crippen LogP contribution in [-0.2, 0) is 22.6 Å². The topological polar surface area (TPSA) is 67.9 Å². The lowest BCUT2D eigenvalue weighted by atomic mass is 10.0. The van der Waals surface area contributed by atoms with Crippen LogP contribution < -0.4 is 14.8 Å². The molecular weight excluding hydrogens is 508 g/mol. The van der Waals surface area contributed by atoms with Gasteiger partial charge in [-0.1, -0.05) is 77.5 Å². The Balaban J connectivity index is 1.89. The van der Waals surface area contributed by atoms with E-state index in [0.717, 1.165) is 22.0 Å². The van der Waals surface area contributed by atoms with Gasteiger partial charge in [-0.2, -0.15) is 0 Å². The van der Waals surface area contributed by atoms with Crippen molar-refractivity contribution in [3.05, 3.63) is 94.5 Å². The van der Waals surface area contributed by atoms with Gasteiger partial charge in [-0.05, 0) is 41.8 Å². The van der Waals surface area contributed by atoms with Gasteiger partial charge in [0.15, 0.2) is 18.1 Å². The molecular formula is C28H31BrN2O4. The van der Waals surface area contributed by atoms with Crippen LogP contribution in [0.3, 0.4) is 0 Å². The van der Waals surface area contributed by atoms with Gasteiger partial charge in [0, 0.05) is 24.0 Å².